The number of methoxy groups -OCH3 is 1. The minimum Gasteiger partial charge on any atom is -0.383 e. The first-order chi connectivity index (χ1) is 7.70. The van der Waals surface area contributed by atoms with Crippen LogP contribution in [0.25, 0.3) is 0 Å². The van der Waals surface area contributed by atoms with Crippen LogP contribution in [0.3, 0.4) is 0 Å². The molecule has 16 heavy (non-hydrogen) atoms. The summed E-state index contributed by atoms with van der Waals surface area (Å²) >= 11 is 0. The summed E-state index contributed by atoms with van der Waals surface area (Å²) < 4.78 is 10.4. The third-order valence-corrected chi connectivity index (χ3v) is 2.97. The molecule has 1 aliphatic heterocycles. The molecular weight excluding hydrogens is 208 g/mol. The zero-order chi connectivity index (χ0) is 12.0. The molecule has 0 aromatic heterocycles. The molecule has 0 saturated carbocycles. The van der Waals surface area contributed by atoms with Crippen molar-refractivity contribution >= 4 is 5.91 Å². The maximum Gasteiger partial charge on any atom is 0.228 e. The van der Waals surface area contributed by atoms with E-state index in [4.69, 9.17) is 15.2 Å². The van der Waals surface area contributed by atoms with Crippen LogP contribution >= 0.6 is 0 Å². The maximum atomic E-state index is 12.2. The summed E-state index contributed by atoms with van der Waals surface area (Å²) in [7, 11) is 1.63. The van der Waals surface area contributed by atoms with Gasteiger partial charge in [-0.1, -0.05) is 0 Å². The highest BCUT2D eigenvalue weighted by atomic mass is 16.5. The Kier molecular flexibility index (Phi) is 5.73. The molecule has 2 atom stereocenters. The van der Waals surface area contributed by atoms with E-state index in [1.807, 2.05) is 6.92 Å². The van der Waals surface area contributed by atoms with Gasteiger partial charge in [-0.3, -0.25) is 4.79 Å². The molecule has 1 heterocycles. The number of nitrogens with two attached hydrogens (primary N) is 1. The summed E-state index contributed by atoms with van der Waals surface area (Å²) in [4.78, 5) is 14.0. The first-order valence-corrected chi connectivity index (χ1v) is 5.80. The quantitative estimate of drug-likeness (QED) is 0.689. The van der Waals surface area contributed by atoms with Crippen molar-refractivity contribution < 1.29 is 14.3 Å². The van der Waals surface area contributed by atoms with Crippen molar-refractivity contribution in [3.63, 3.8) is 0 Å². The van der Waals surface area contributed by atoms with Crippen LogP contribution < -0.4 is 5.73 Å². The average molecular weight is 230 g/mol. The summed E-state index contributed by atoms with van der Waals surface area (Å²) in [5.74, 6) is 0.135. The Morgan fingerprint density at radius 1 is 1.56 bits per heavy atom. The van der Waals surface area contributed by atoms with Gasteiger partial charge in [0.25, 0.3) is 0 Å². The molecule has 0 aromatic carbocycles. The monoisotopic (exact) mass is 230 g/mol. The lowest BCUT2D eigenvalue weighted by Crippen LogP contribution is -2.42. The van der Waals surface area contributed by atoms with E-state index in [0.29, 0.717) is 32.8 Å². The summed E-state index contributed by atoms with van der Waals surface area (Å²) in [5.41, 5.74) is 5.51. The predicted molar refractivity (Wildman–Crippen MR) is 61.0 cm³/mol. The molecule has 0 bridgehead atoms. The first kappa shape index (κ1) is 13.4. The van der Waals surface area contributed by atoms with Gasteiger partial charge in [0.05, 0.1) is 18.6 Å². The molecule has 2 N–H and O–H groups in total. The molecule has 1 fully saturated rings. The van der Waals surface area contributed by atoms with Gasteiger partial charge < -0.3 is 20.1 Å². The highest BCUT2D eigenvalue weighted by Gasteiger charge is 2.33. The van der Waals surface area contributed by atoms with E-state index in [1.54, 1.807) is 12.0 Å². The topological polar surface area (TPSA) is 64.8 Å². The molecule has 1 aliphatic rings. The third-order valence-electron chi connectivity index (χ3n) is 2.97. The van der Waals surface area contributed by atoms with Crippen molar-refractivity contribution in [2.24, 2.45) is 11.7 Å². The summed E-state index contributed by atoms with van der Waals surface area (Å²) in [6.07, 6.45) is 0.837. The second kappa shape index (κ2) is 6.83. The molecule has 0 aliphatic carbocycles. The molecule has 0 radical (unpaired) electrons. The van der Waals surface area contributed by atoms with Gasteiger partial charge in [0.1, 0.15) is 0 Å². The summed E-state index contributed by atoms with van der Waals surface area (Å²) in [5, 5.41) is 0. The molecule has 94 valence electrons. The van der Waals surface area contributed by atoms with E-state index in [1.165, 1.54) is 0 Å². The van der Waals surface area contributed by atoms with Crippen LogP contribution in [0.2, 0.25) is 0 Å². The van der Waals surface area contributed by atoms with Gasteiger partial charge in [-0.05, 0) is 13.3 Å². The lowest BCUT2D eigenvalue weighted by atomic mass is 10.0. The predicted octanol–water partition coefficient (Wildman–Crippen LogP) is -0.155. The smallest absolute Gasteiger partial charge is 0.228 e. The van der Waals surface area contributed by atoms with E-state index in [9.17, 15) is 4.79 Å². The fourth-order valence-electron chi connectivity index (χ4n) is 1.98. The van der Waals surface area contributed by atoms with Crippen molar-refractivity contribution in [1.82, 2.24) is 4.90 Å². The van der Waals surface area contributed by atoms with Crippen molar-refractivity contribution in [1.29, 1.82) is 0 Å². The Bertz CT molecular complexity index is 223. The van der Waals surface area contributed by atoms with E-state index in [-0.39, 0.29) is 17.9 Å². The Labute approximate surface area is 96.9 Å². The van der Waals surface area contributed by atoms with E-state index >= 15 is 0 Å². The van der Waals surface area contributed by atoms with Crippen LogP contribution in [0.15, 0.2) is 0 Å². The second-order valence-corrected chi connectivity index (χ2v) is 4.08. The fourth-order valence-corrected chi connectivity index (χ4v) is 1.98. The van der Waals surface area contributed by atoms with E-state index < -0.39 is 0 Å². The molecule has 1 amide bonds. The first-order valence-electron chi connectivity index (χ1n) is 5.80. The molecule has 5 nitrogen and oxygen atoms in total. The minimum absolute atomic E-state index is 0.0107. The Morgan fingerprint density at radius 2 is 2.31 bits per heavy atom. The zero-order valence-corrected chi connectivity index (χ0v) is 10.1. The van der Waals surface area contributed by atoms with Crippen LogP contribution in [0.4, 0.5) is 0 Å². The largest absolute Gasteiger partial charge is 0.383 e. The van der Waals surface area contributed by atoms with Gasteiger partial charge in [-0.25, -0.2) is 0 Å². The molecule has 0 aromatic rings. The van der Waals surface area contributed by atoms with Crippen LogP contribution in [0, 0.1) is 5.92 Å². The Morgan fingerprint density at radius 3 is 2.81 bits per heavy atom. The van der Waals surface area contributed by atoms with Gasteiger partial charge in [0, 0.05) is 33.4 Å². The third kappa shape index (κ3) is 3.43. The normalized spacial score (nSPS) is 24.7. The SMILES string of the molecule is COCCN(CCN)C(=O)C1CCOC1C. The number of amides is 1. The summed E-state index contributed by atoms with van der Waals surface area (Å²) in [6, 6.07) is 0. The van der Waals surface area contributed by atoms with Crippen molar-refractivity contribution in [2.45, 2.75) is 19.4 Å². The minimum atomic E-state index is -0.0107. The van der Waals surface area contributed by atoms with Crippen LogP contribution in [0.5, 0.6) is 0 Å². The number of nitrogens with zero attached hydrogens (tertiary/aromatic N) is 1. The highest BCUT2D eigenvalue weighted by Crippen LogP contribution is 2.22. The lowest BCUT2D eigenvalue weighted by molar-refractivity contribution is -0.137. The molecule has 1 rings (SSSR count). The number of carbonyl (C=O) groups is 1. The van der Waals surface area contributed by atoms with Crippen LogP contribution in [0.1, 0.15) is 13.3 Å². The summed E-state index contributed by atoms with van der Waals surface area (Å²) in [6.45, 7) is 4.86. The Balaban J connectivity index is 2.51. The van der Waals surface area contributed by atoms with Gasteiger partial charge in [0.2, 0.25) is 5.91 Å². The fraction of sp³-hybridized carbons (Fsp3) is 0.909. The van der Waals surface area contributed by atoms with Crippen LogP contribution in [-0.2, 0) is 14.3 Å². The van der Waals surface area contributed by atoms with Crippen molar-refractivity contribution in [3.8, 4) is 0 Å². The molecular formula is C11H22N2O3. The number of hydrogen-bond acceptors (Lipinski definition) is 4. The second-order valence-electron chi connectivity index (χ2n) is 4.08. The molecule has 0 spiro atoms. The number of carbonyl (C=O) groups excluding carboxylic acids is 1. The molecule has 2 unspecified atom stereocenters. The van der Waals surface area contributed by atoms with Gasteiger partial charge in [-0.2, -0.15) is 0 Å². The number of hydrogen-bond donors (Lipinski definition) is 1. The van der Waals surface area contributed by atoms with Gasteiger partial charge in [-0.15, -0.1) is 0 Å². The number of ether oxygens (including phenoxy) is 2. The standard InChI is InChI=1S/C11H22N2O3/c1-9-10(3-7-16-9)11(14)13(5-4-12)6-8-15-2/h9-10H,3-8,12H2,1-2H3. The molecule has 5 heteroatoms. The van der Waals surface area contributed by atoms with E-state index in [0.717, 1.165) is 6.42 Å². The van der Waals surface area contributed by atoms with E-state index in [2.05, 4.69) is 0 Å². The zero-order valence-electron chi connectivity index (χ0n) is 10.1. The van der Waals surface area contributed by atoms with Gasteiger partial charge in [0.15, 0.2) is 0 Å². The highest BCUT2D eigenvalue weighted by molar-refractivity contribution is 5.79. The lowest BCUT2D eigenvalue weighted by Gasteiger charge is -2.26. The van der Waals surface area contributed by atoms with Crippen molar-refractivity contribution in [3.05, 3.63) is 0 Å². The maximum absolute atomic E-state index is 12.2. The van der Waals surface area contributed by atoms with Crippen molar-refractivity contribution in [2.75, 3.05) is 40.0 Å². The van der Waals surface area contributed by atoms with Crippen LogP contribution in [-0.4, -0.2) is 56.9 Å². The molecule has 1 saturated heterocycles. The Hall–Kier alpha value is -0.650. The average Bonchev–Trinajstić information content (AvgIpc) is 2.69. The number of rotatable bonds is 6. The van der Waals surface area contributed by atoms with Gasteiger partial charge >= 0.3 is 0 Å².